The predicted octanol–water partition coefficient (Wildman–Crippen LogP) is 3.97. The first-order valence-corrected chi connectivity index (χ1v) is 8.14. The lowest BCUT2D eigenvalue weighted by molar-refractivity contribution is 0.626. The Labute approximate surface area is 137 Å². The molecule has 0 radical (unpaired) electrons. The van der Waals surface area contributed by atoms with Crippen molar-refractivity contribution in [1.29, 1.82) is 0 Å². The van der Waals surface area contributed by atoms with Gasteiger partial charge in [-0.25, -0.2) is 9.37 Å². The van der Waals surface area contributed by atoms with Gasteiger partial charge in [0.2, 0.25) is 0 Å². The van der Waals surface area contributed by atoms with Gasteiger partial charge in [-0.1, -0.05) is 36.0 Å². The van der Waals surface area contributed by atoms with Crippen LogP contribution in [0, 0.1) is 12.7 Å². The van der Waals surface area contributed by atoms with Gasteiger partial charge in [-0.3, -0.25) is 9.36 Å². The number of benzene rings is 2. The normalized spacial score (nSPS) is 10.7. The molecule has 0 aliphatic carbocycles. The fourth-order valence-electron chi connectivity index (χ4n) is 2.25. The molecule has 1 aromatic heterocycles. The van der Waals surface area contributed by atoms with Crippen LogP contribution in [0.3, 0.4) is 0 Å². The predicted molar refractivity (Wildman–Crippen MR) is 90.5 cm³/mol. The highest BCUT2D eigenvalue weighted by Crippen LogP contribution is 2.19. The molecule has 3 nitrogen and oxygen atoms in total. The van der Waals surface area contributed by atoms with Gasteiger partial charge in [-0.05, 0) is 42.3 Å². The van der Waals surface area contributed by atoms with Gasteiger partial charge >= 0.3 is 0 Å². The monoisotopic (exact) mass is 326 g/mol. The number of hydrogen-bond acceptors (Lipinski definition) is 3. The Morgan fingerprint density at radius 1 is 1.17 bits per heavy atom. The van der Waals surface area contributed by atoms with E-state index in [1.54, 1.807) is 23.0 Å². The van der Waals surface area contributed by atoms with Gasteiger partial charge in [0.1, 0.15) is 5.82 Å². The molecule has 2 aromatic carbocycles. The van der Waals surface area contributed by atoms with Crippen LogP contribution in [0.15, 0.2) is 70.7 Å². The summed E-state index contributed by atoms with van der Waals surface area (Å²) in [5, 5.41) is 0.401. The van der Waals surface area contributed by atoms with Gasteiger partial charge in [0.25, 0.3) is 5.56 Å². The zero-order valence-electron chi connectivity index (χ0n) is 12.6. The minimum absolute atomic E-state index is 0.167. The van der Waals surface area contributed by atoms with Gasteiger partial charge < -0.3 is 0 Å². The van der Waals surface area contributed by atoms with Crippen LogP contribution in [0.5, 0.6) is 0 Å². The van der Waals surface area contributed by atoms with E-state index in [0.29, 0.717) is 10.8 Å². The molecule has 5 heteroatoms. The van der Waals surface area contributed by atoms with Crippen molar-refractivity contribution >= 4 is 11.8 Å². The fourth-order valence-corrected chi connectivity index (χ4v) is 3.09. The van der Waals surface area contributed by atoms with Crippen LogP contribution in [0.1, 0.15) is 11.1 Å². The van der Waals surface area contributed by atoms with E-state index in [1.165, 1.54) is 23.9 Å². The van der Waals surface area contributed by atoms with Crippen LogP contribution in [0.4, 0.5) is 4.39 Å². The van der Waals surface area contributed by atoms with Gasteiger partial charge in [-0.2, -0.15) is 0 Å². The summed E-state index contributed by atoms with van der Waals surface area (Å²) >= 11 is 1.31. The van der Waals surface area contributed by atoms with E-state index in [4.69, 9.17) is 0 Å². The van der Waals surface area contributed by atoms with Crippen LogP contribution in [-0.2, 0) is 5.75 Å². The maximum absolute atomic E-state index is 13.2. The minimum Gasteiger partial charge on any atom is -0.280 e. The Bertz CT molecular complexity index is 892. The molecule has 0 bridgehead atoms. The van der Waals surface area contributed by atoms with E-state index in [9.17, 15) is 9.18 Å². The van der Waals surface area contributed by atoms with Gasteiger partial charge in [0.05, 0.1) is 0 Å². The second kappa shape index (κ2) is 6.79. The van der Waals surface area contributed by atoms with Crippen LogP contribution in [-0.4, -0.2) is 9.55 Å². The lowest BCUT2D eigenvalue weighted by Gasteiger charge is -2.08. The minimum atomic E-state index is -0.277. The molecule has 0 saturated carbocycles. The highest BCUT2D eigenvalue weighted by molar-refractivity contribution is 7.98. The van der Waals surface area contributed by atoms with Crippen molar-refractivity contribution in [3.8, 4) is 5.69 Å². The maximum Gasteiger partial charge on any atom is 0.287 e. The summed E-state index contributed by atoms with van der Waals surface area (Å²) in [6.45, 7) is 1.98. The molecular formula is C18H15FN2OS. The van der Waals surface area contributed by atoms with Crippen molar-refractivity contribution in [2.45, 2.75) is 17.7 Å². The van der Waals surface area contributed by atoms with E-state index in [0.717, 1.165) is 16.8 Å². The summed E-state index contributed by atoms with van der Waals surface area (Å²) in [6.07, 6.45) is 3.26. The molecule has 0 spiro atoms. The second-order valence-electron chi connectivity index (χ2n) is 5.17. The smallest absolute Gasteiger partial charge is 0.280 e. The first-order valence-electron chi connectivity index (χ1n) is 7.15. The van der Waals surface area contributed by atoms with Gasteiger partial charge in [0.15, 0.2) is 5.03 Å². The second-order valence-corrected chi connectivity index (χ2v) is 6.13. The molecule has 0 aliphatic rings. The van der Waals surface area contributed by atoms with E-state index < -0.39 is 0 Å². The quantitative estimate of drug-likeness (QED) is 0.680. The van der Waals surface area contributed by atoms with E-state index in [-0.39, 0.29) is 11.4 Å². The Morgan fingerprint density at radius 2 is 2.00 bits per heavy atom. The molecule has 116 valence electrons. The molecule has 3 rings (SSSR count). The van der Waals surface area contributed by atoms with Gasteiger partial charge in [-0.15, -0.1) is 0 Å². The lowest BCUT2D eigenvalue weighted by Crippen LogP contribution is -2.20. The molecule has 0 saturated heterocycles. The van der Waals surface area contributed by atoms with Crippen LogP contribution < -0.4 is 5.56 Å². The number of hydrogen-bond donors (Lipinski definition) is 0. The van der Waals surface area contributed by atoms with Crippen molar-refractivity contribution in [2.75, 3.05) is 0 Å². The molecule has 23 heavy (non-hydrogen) atoms. The lowest BCUT2D eigenvalue weighted by atomic mass is 10.2. The molecule has 0 unspecified atom stereocenters. The molecule has 0 aliphatic heterocycles. The Morgan fingerprint density at radius 3 is 2.78 bits per heavy atom. The summed E-state index contributed by atoms with van der Waals surface area (Å²) < 4.78 is 14.8. The molecule has 0 atom stereocenters. The first kappa shape index (κ1) is 15.5. The number of rotatable bonds is 4. The summed E-state index contributed by atoms with van der Waals surface area (Å²) in [5.74, 6) is 0.221. The fraction of sp³-hybridized carbons (Fsp3) is 0.111. The van der Waals surface area contributed by atoms with Gasteiger partial charge in [0, 0.05) is 23.8 Å². The molecular weight excluding hydrogens is 311 g/mol. The van der Waals surface area contributed by atoms with Crippen molar-refractivity contribution in [3.05, 3.63) is 88.2 Å². The number of thioether (sulfide) groups is 1. The van der Waals surface area contributed by atoms with Crippen molar-refractivity contribution in [3.63, 3.8) is 0 Å². The third-order valence-electron chi connectivity index (χ3n) is 3.35. The van der Waals surface area contributed by atoms with Crippen LogP contribution in [0.25, 0.3) is 5.69 Å². The van der Waals surface area contributed by atoms with E-state index >= 15 is 0 Å². The number of aromatic nitrogens is 2. The number of nitrogens with zero attached hydrogens (tertiary/aromatic N) is 2. The Kier molecular flexibility index (Phi) is 4.57. The molecule has 0 fully saturated rings. The topological polar surface area (TPSA) is 34.9 Å². The average Bonchev–Trinajstić information content (AvgIpc) is 2.54. The highest BCUT2D eigenvalue weighted by Gasteiger charge is 2.08. The summed E-state index contributed by atoms with van der Waals surface area (Å²) in [6, 6.07) is 14.1. The zero-order valence-corrected chi connectivity index (χ0v) is 13.4. The Balaban J connectivity index is 1.87. The van der Waals surface area contributed by atoms with E-state index in [2.05, 4.69) is 4.98 Å². The summed E-state index contributed by atoms with van der Waals surface area (Å²) in [5.41, 5.74) is 2.55. The molecule has 0 amide bonds. The molecule has 0 N–H and O–H groups in total. The van der Waals surface area contributed by atoms with Crippen LogP contribution in [0.2, 0.25) is 0 Å². The zero-order chi connectivity index (χ0) is 16.2. The SMILES string of the molecule is Cc1cccc(-n2ccnc(SCc3cccc(F)c3)c2=O)c1. The summed E-state index contributed by atoms with van der Waals surface area (Å²) in [7, 11) is 0. The molecule has 1 heterocycles. The van der Waals surface area contributed by atoms with Crippen LogP contribution >= 0.6 is 11.8 Å². The standard InChI is InChI=1S/C18H15FN2OS/c1-13-4-2-7-16(10-13)21-9-8-20-17(18(21)22)23-12-14-5-3-6-15(19)11-14/h2-11H,12H2,1H3. The van der Waals surface area contributed by atoms with E-state index in [1.807, 2.05) is 37.3 Å². The van der Waals surface area contributed by atoms with Crippen molar-refractivity contribution in [2.24, 2.45) is 0 Å². The third kappa shape index (κ3) is 3.68. The maximum atomic E-state index is 13.2. The summed E-state index contributed by atoms with van der Waals surface area (Å²) in [4.78, 5) is 16.7. The van der Waals surface area contributed by atoms with Crippen molar-refractivity contribution in [1.82, 2.24) is 9.55 Å². The Hall–Kier alpha value is -2.40. The molecule has 3 aromatic rings. The number of aryl methyl sites for hydroxylation is 1. The third-order valence-corrected chi connectivity index (χ3v) is 4.38. The highest BCUT2D eigenvalue weighted by atomic mass is 32.2. The first-order chi connectivity index (χ1) is 11.1. The van der Waals surface area contributed by atoms with Crippen molar-refractivity contribution < 1.29 is 4.39 Å². The number of halogens is 1. The largest absolute Gasteiger partial charge is 0.287 e. The average molecular weight is 326 g/mol.